The van der Waals surface area contributed by atoms with Crippen LogP contribution < -0.4 is 5.56 Å². The molecule has 0 radical (unpaired) electrons. The van der Waals surface area contributed by atoms with Crippen LogP contribution in [0.5, 0.6) is 0 Å². The molecule has 3 rings (SSSR count). The molecule has 2 aromatic rings. The van der Waals surface area contributed by atoms with Crippen LogP contribution in [0.2, 0.25) is 0 Å². The topological polar surface area (TPSA) is 62.5 Å². The number of aryl methyl sites for hydroxylation is 1. The number of hydrogen-bond acceptors (Lipinski definition) is 3. The fourth-order valence-electron chi connectivity index (χ4n) is 4.07. The number of carbonyl (C=O) groups excluding carboxylic acids is 1. The van der Waals surface area contributed by atoms with E-state index in [0.717, 1.165) is 36.1 Å². The summed E-state index contributed by atoms with van der Waals surface area (Å²) in [6, 6.07) is 9.71. The summed E-state index contributed by atoms with van der Waals surface area (Å²) < 4.78 is 1.61. The van der Waals surface area contributed by atoms with Crippen LogP contribution in [-0.4, -0.2) is 33.6 Å². The lowest BCUT2D eigenvalue weighted by molar-refractivity contribution is 0.0784. The summed E-state index contributed by atoms with van der Waals surface area (Å²) >= 11 is 0. The van der Waals surface area contributed by atoms with Crippen molar-refractivity contribution in [3.8, 4) is 0 Å². The molecule has 1 aromatic heterocycles. The number of nitrogens with zero attached hydrogens (tertiary/aromatic N) is 2. The van der Waals surface area contributed by atoms with Crippen LogP contribution in [0.15, 0.2) is 35.1 Å². The van der Waals surface area contributed by atoms with E-state index in [9.17, 15) is 9.59 Å². The molecule has 0 saturated carbocycles. The molecule has 0 bridgehead atoms. The zero-order valence-corrected chi connectivity index (χ0v) is 16.4. The SMILES string of the molecule is CCc1c(C)cc(C(=O)N2CC[C@@H](Cc3ccc(CO)cc3)C2)c(=O)n1C. The summed E-state index contributed by atoms with van der Waals surface area (Å²) in [6.07, 6.45) is 2.62. The van der Waals surface area contributed by atoms with E-state index in [1.807, 2.05) is 43.0 Å². The van der Waals surface area contributed by atoms with E-state index in [1.54, 1.807) is 17.7 Å². The van der Waals surface area contributed by atoms with Crippen molar-refractivity contribution in [2.45, 2.75) is 39.7 Å². The molecule has 1 saturated heterocycles. The van der Waals surface area contributed by atoms with Crippen LogP contribution in [0.3, 0.4) is 0 Å². The number of carbonyl (C=O) groups is 1. The summed E-state index contributed by atoms with van der Waals surface area (Å²) in [5, 5.41) is 9.14. The molecule has 1 N–H and O–H groups in total. The van der Waals surface area contributed by atoms with E-state index in [2.05, 4.69) is 0 Å². The van der Waals surface area contributed by atoms with Gasteiger partial charge in [0.15, 0.2) is 0 Å². The minimum absolute atomic E-state index is 0.0528. The first-order chi connectivity index (χ1) is 12.9. The van der Waals surface area contributed by atoms with E-state index < -0.39 is 0 Å². The molecule has 2 heterocycles. The van der Waals surface area contributed by atoms with Crippen LogP contribution in [-0.2, 0) is 26.5 Å². The summed E-state index contributed by atoms with van der Waals surface area (Å²) in [5.41, 5.74) is 4.16. The molecule has 27 heavy (non-hydrogen) atoms. The molecule has 0 aliphatic carbocycles. The van der Waals surface area contributed by atoms with Gasteiger partial charge in [0.25, 0.3) is 11.5 Å². The molecule has 1 aliphatic rings. The predicted octanol–water partition coefficient (Wildman–Crippen LogP) is 2.45. The molecule has 1 atom stereocenters. The Balaban J connectivity index is 1.71. The number of aliphatic hydroxyl groups is 1. The molecular weight excluding hydrogens is 340 g/mol. The normalized spacial score (nSPS) is 16.7. The van der Waals surface area contributed by atoms with Crippen molar-refractivity contribution >= 4 is 5.91 Å². The van der Waals surface area contributed by atoms with Gasteiger partial charge in [0.1, 0.15) is 5.56 Å². The van der Waals surface area contributed by atoms with E-state index in [0.29, 0.717) is 19.0 Å². The molecular formula is C22H28N2O3. The third-order valence-electron chi connectivity index (χ3n) is 5.62. The van der Waals surface area contributed by atoms with Gasteiger partial charge in [-0.2, -0.15) is 0 Å². The summed E-state index contributed by atoms with van der Waals surface area (Å²) in [4.78, 5) is 27.4. The number of aliphatic hydroxyl groups excluding tert-OH is 1. The first-order valence-electron chi connectivity index (χ1n) is 9.62. The van der Waals surface area contributed by atoms with Gasteiger partial charge < -0.3 is 14.6 Å². The molecule has 0 unspecified atom stereocenters. The lowest BCUT2D eigenvalue weighted by Gasteiger charge is -2.18. The Kier molecular flexibility index (Phi) is 5.80. The largest absolute Gasteiger partial charge is 0.392 e. The van der Waals surface area contributed by atoms with Crippen molar-refractivity contribution in [1.82, 2.24) is 9.47 Å². The number of likely N-dealkylation sites (tertiary alicyclic amines) is 1. The van der Waals surface area contributed by atoms with Gasteiger partial charge in [-0.15, -0.1) is 0 Å². The van der Waals surface area contributed by atoms with Crippen LogP contribution >= 0.6 is 0 Å². The zero-order chi connectivity index (χ0) is 19.6. The number of amides is 1. The minimum Gasteiger partial charge on any atom is -0.392 e. The Labute approximate surface area is 160 Å². The average Bonchev–Trinajstić information content (AvgIpc) is 3.13. The van der Waals surface area contributed by atoms with Crippen molar-refractivity contribution in [1.29, 1.82) is 0 Å². The third kappa shape index (κ3) is 3.98. The van der Waals surface area contributed by atoms with E-state index in [1.165, 1.54) is 5.56 Å². The second-order valence-electron chi connectivity index (χ2n) is 7.49. The maximum atomic E-state index is 12.9. The highest BCUT2D eigenvalue weighted by Crippen LogP contribution is 2.23. The standard InChI is InChI=1S/C22H28N2O3/c1-4-20-15(2)11-19(21(26)23(20)3)22(27)24-10-9-18(13-24)12-16-5-7-17(14-25)8-6-16/h5-8,11,18,25H,4,9-10,12-14H2,1-3H3/t18-/m0/s1. The van der Waals surface area contributed by atoms with Crippen LogP contribution in [0.4, 0.5) is 0 Å². The lowest BCUT2D eigenvalue weighted by Crippen LogP contribution is -2.36. The summed E-state index contributed by atoms with van der Waals surface area (Å²) in [7, 11) is 1.74. The van der Waals surface area contributed by atoms with E-state index in [4.69, 9.17) is 5.11 Å². The van der Waals surface area contributed by atoms with E-state index in [-0.39, 0.29) is 23.6 Å². The van der Waals surface area contributed by atoms with Crippen molar-refractivity contribution in [3.05, 3.63) is 68.6 Å². The van der Waals surface area contributed by atoms with E-state index >= 15 is 0 Å². The molecule has 5 nitrogen and oxygen atoms in total. The Morgan fingerprint density at radius 1 is 1.22 bits per heavy atom. The zero-order valence-electron chi connectivity index (χ0n) is 16.4. The van der Waals surface area contributed by atoms with Crippen LogP contribution in [0.1, 0.15) is 46.1 Å². The van der Waals surface area contributed by atoms with Gasteiger partial charge in [-0.1, -0.05) is 31.2 Å². The Hall–Kier alpha value is -2.40. The quantitative estimate of drug-likeness (QED) is 0.882. The maximum Gasteiger partial charge on any atom is 0.263 e. The first-order valence-corrected chi connectivity index (χ1v) is 9.62. The Morgan fingerprint density at radius 3 is 2.52 bits per heavy atom. The summed E-state index contributed by atoms with van der Waals surface area (Å²) in [6.45, 7) is 5.39. The van der Waals surface area contributed by atoms with Crippen molar-refractivity contribution < 1.29 is 9.90 Å². The van der Waals surface area contributed by atoms with Crippen molar-refractivity contribution in [3.63, 3.8) is 0 Å². The second-order valence-corrected chi connectivity index (χ2v) is 7.49. The molecule has 1 aromatic carbocycles. The second kappa shape index (κ2) is 8.09. The highest BCUT2D eigenvalue weighted by atomic mass is 16.3. The van der Waals surface area contributed by atoms with Gasteiger partial charge in [-0.25, -0.2) is 0 Å². The average molecular weight is 368 g/mol. The van der Waals surface area contributed by atoms with Gasteiger partial charge in [0.05, 0.1) is 6.61 Å². The molecule has 1 fully saturated rings. The fraction of sp³-hybridized carbons (Fsp3) is 0.455. The third-order valence-corrected chi connectivity index (χ3v) is 5.62. The van der Waals surface area contributed by atoms with Crippen LogP contribution in [0.25, 0.3) is 0 Å². The predicted molar refractivity (Wildman–Crippen MR) is 106 cm³/mol. The Morgan fingerprint density at radius 2 is 1.89 bits per heavy atom. The van der Waals surface area contributed by atoms with Gasteiger partial charge in [0.2, 0.25) is 0 Å². The van der Waals surface area contributed by atoms with Gasteiger partial charge in [0, 0.05) is 25.8 Å². The maximum absolute atomic E-state index is 12.9. The van der Waals surface area contributed by atoms with Gasteiger partial charge in [-0.05, 0) is 54.9 Å². The number of hydrogen-bond donors (Lipinski definition) is 1. The Bertz CT molecular complexity index is 884. The smallest absolute Gasteiger partial charge is 0.263 e. The highest BCUT2D eigenvalue weighted by Gasteiger charge is 2.29. The number of rotatable bonds is 5. The van der Waals surface area contributed by atoms with Crippen molar-refractivity contribution in [2.75, 3.05) is 13.1 Å². The summed E-state index contributed by atoms with van der Waals surface area (Å²) in [5.74, 6) is 0.244. The monoisotopic (exact) mass is 368 g/mol. The number of pyridine rings is 1. The molecule has 1 amide bonds. The molecule has 1 aliphatic heterocycles. The molecule has 0 spiro atoms. The van der Waals surface area contributed by atoms with Crippen LogP contribution in [0, 0.1) is 12.8 Å². The lowest BCUT2D eigenvalue weighted by atomic mass is 9.98. The van der Waals surface area contributed by atoms with Gasteiger partial charge in [-0.3, -0.25) is 9.59 Å². The highest BCUT2D eigenvalue weighted by molar-refractivity contribution is 5.94. The van der Waals surface area contributed by atoms with Gasteiger partial charge >= 0.3 is 0 Å². The first kappa shape index (κ1) is 19.4. The van der Waals surface area contributed by atoms with Crippen molar-refractivity contribution in [2.24, 2.45) is 13.0 Å². The number of benzene rings is 1. The molecule has 5 heteroatoms. The molecule has 144 valence electrons. The fourth-order valence-corrected chi connectivity index (χ4v) is 4.07. The number of aromatic nitrogens is 1. The minimum atomic E-state index is -0.203.